The van der Waals surface area contributed by atoms with E-state index in [0.717, 1.165) is 12.1 Å². The fourth-order valence-corrected chi connectivity index (χ4v) is 3.48. The molecule has 0 aliphatic carbocycles. The van der Waals surface area contributed by atoms with E-state index in [9.17, 15) is 22.0 Å². The summed E-state index contributed by atoms with van der Waals surface area (Å²) in [6, 6.07) is 9.52. The van der Waals surface area contributed by atoms with E-state index in [0.29, 0.717) is 17.5 Å². The molecule has 0 bridgehead atoms. The van der Waals surface area contributed by atoms with Gasteiger partial charge in [0.25, 0.3) is 15.9 Å². The zero-order chi connectivity index (χ0) is 21.2. The summed E-state index contributed by atoms with van der Waals surface area (Å²) in [5.74, 6) is -2.64. The number of sulfonamides is 1. The normalized spacial score (nSPS) is 11.2. The minimum atomic E-state index is -3.95. The van der Waals surface area contributed by atoms with Crippen molar-refractivity contribution in [2.45, 2.75) is 18.7 Å². The lowest BCUT2D eigenvalue weighted by atomic mass is 10.2. The van der Waals surface area contributed by atoms with Gasteiger partial charge in [-0.25, -0.2) is 31.9 Å². The van der Waals surface area contributed by atoms with Crippen molar-refractivity contribution >= 4 is 27.6 Å². The lowest BCUT2D eigenvalue weighted by molar-refractivity contribution is 0.102. The second-order valence-corrected chi connectivity index (χ2v) is 7.86. The summed E-state index contributed by atoms with van der Waals surface area (Å²) in [5.41, 5.74) is 1.12. The smallest absolute Gasteiger partial charge is 0.264 e. The number of aryl methyl sites for hydroxylation is 2. The van der Waals surface area contributed by atoms with Crippen molar-refractivity contribution in [2.24, 2.45) is 0 Å². The molecule has 1 aromatic heterocycles. The summed E-state index contributed by atoms with van der Waals surface area (Å²) in [6.45, 7) is 3.43. The summed E-state index contributed by atoms with van der Waals surface area (Å²) in [6.07, 6.45) is 0. The molecule has 0 fully saturated rings. The van der Waals surface area contributed by atoms with Crippen LogP contribution in [-0.2, 0) is 10.0 Å². The first-order valence-electron chi connectivity index (χ1n) is 8.35. The largest absolute Gasteiger partial charge is 0.322 e. The first-order chi connectivity index (χ1) is 13.6. The monoisotopic (exact) mass is 418 g/mol. The van der Waals surface area contributed by atoms with Crippen LogP contribution in [0.15, 0.2) is 53.4 Å². The van der Waals surface area contributed by atoms with Crippen molar-refractivity contribution in [3.05, 3.63) is 77.1 Å². The number of benzene rings is 2. The molecule has 29 heavy (non-hydrogen) atoms. The third-order valence-corrected chi connectivity index (χ3v) is 5.15. The van der Waals surface area contributed by atoms with Crippen LogP contribution in [0, 0.1) is 25.5 Å². The van der Waals surface area contributed by atoms with E-state index in [4.69, 9.17) is 0 Å². The fourth-order valence-electron chi connectivity index (χ4n) is 2.54. The third-order valence-electron chi connectivity index (χ3n) is 3.81. The predicted octanol–water partition coefficient (Wildman–Crippen LogP) is 3.42. The van der Waals surface area contributed by atoms with Crippen LogP contribution < -0.4 is 10.0 Å². The van der Waals surface area contributed by atoms with Crippen molar-refractivity contribution in [2.75, 3.05) is 10.0 Å². The maximum atomic E-state index is 13.7. The van der Waals surface area contributed by atoms with Crippen molar-refractivity contribution in [1.29, 1.82) is 0 Å². The molecule has 0 atom stereocenters. The molecule has 0 saturated carbocycles. The summed E-state index contributed by atoms with van der Waals surface area (Å²) in [5, 5.41) is 2.42. The van der Waals surface area contributed by atoms with Crippen LogP contribution in [0.4, 0.5) is 20.4 Å². The van der Waals surface area contributed by atoms with Gasteiger partial charge < -0.3 is 5.32 Å². The summed E-state index contributed by atoms with van der Waals surface area (Å²) < 4.78 is 53.9. The van der Waals surface area contributed by atoms with Gasteiger partial charge in [-0.15, -0.1) is 0 Å². The number of carbonyl (C=O) groups excluding carboxylic acids is 1. The predicted molar refractivity (Wildman–Crippen MR) is 103 cm³/mol. The topological polar surface area (TPSA) is 101 Å². The Balaban J connectivity index is 1.76. The van der Waals surface area contributed by atoms with Gasteiger partial charge in [-0.3, -0.25) is 4.79 Å². The molecule has 0 radical (unpaired) electrons. The molecule has 2 N–H and O–H groups in total. The van der Waals surface area contributed by atoms with Gasteiger partial charge in [0.2, 0.25) is 5.95 Å². The van der Waals surface area contributed by atoms with Crippen LogP contribution >= 0.6 is 0 Å². The minimum absolute atomic E-state index is 0.0494. The van der Waals surface area contributed by atoms with Gasteiger partial charge in [0.15, 0.2) is 0 Å². The third kappa shape index (κ3) is 4.91. The molecule has 0 aliphatic heterocycles. The molecule has 7 nitrogen and oxygen atoms in total. The molecule has 0 saturated heterocycles. The van der Waals surface area contributed by atoms with E-state index < -0.39 is 27.6 Å². The number of nitrogens with zero attached hydrogens (tertiary/aromatic N) is 2. The van der Waals surface area contributed by atoms with Crippen LogP contribution in [-0.4, -0.2) is 24.3 Å². The number of carbonyl (C=O) groups is 1. The van der Waals surface area contributed by atoms with Gasteiger partial charge in [0.05, 0.1) is 10.5 Å². The first-order valence-corrected chi connectivity index (χ1v) is 9.84. The number of amides is 1. The highest BCUT2D eigenvalue weighted by Gasteiger charge is 2.17. The molecule has 3 aromatic rings. The molecular formula is C19H16F2N4O3S. The van der Waals surface area contributed by atoms with E-state index in [2.05, 4.69) is 20.0 Å². The Kier molecular flexibility index (Phi) is 5.55. The van der Waals surface area contributed by atoms with Gasteiger partial charge in [-0.1, -0.05) is 0 Å². The fraction of sp³-hybridized carbons (Fsp3) is 0.105. The average Bonchev–Trinajstić information content (AvgIpc) is 2.60. The number of hydrogen-bond acceptors (Lipinski definition) is 5. The highest BCUT2D eigenvalue weighted by atomic mass is 32.2. The lowest BCUT2D eigenvalue weighted by Gasteiger charge is -2.10. The van der Waals surface area contributed by atoms with Gasteiger partial charge in [-0.2, -0.15) is 0 Å². The molecule has 3 rings (SSSR count). The number of halogens is 2. The van der Waals surface area contributed by atoms with E-state index in [1.165, 1.54) is 24.3 Å². The van der Waals surface area contributed by atoms with Crippen LogP contribution in [0.25, 0.3) is 0 Å². The number of hydrogen-bond donors (Lipinski definition) is 2. The molecular weight excluding hydrogens is 402 g/mol. The van der Waals surface area contributed by atoms with Gasteiger partial charge in [0.1, 0.15) is 11.6 Å². The van der Waals surface area contributed by atoms with Crippen LogP contribution in [0.3, 0.4) is 0 Å². The molecule has 0 aliphatic rings. The molecule has 150 valence electrons. The van der Waals surface area contributed by atoms with Gasteiger partial charge in [-0.05, 0) is 56.3 Å². The maximum Gasteiger partial charge on any atom is 0.264 e. The summed E-state index contributed by atoms with van der Waals surface area (Å²) in [4.78, 5) is 20.1. The van der Waals surface area contributed by atoms with Crippen LogP contribution in [0.1, 0.15) is 21.7 Å². The van der Waals surface area contributed by atoms with Crippen molar-refractivity contribution in [3.8, 4) is 0 Å². The second-order valence-electron chi connectivity index (χ2n) is 6.18. The van der Waals surface area contributed by atoms with E-state index in [1.807, 2.05) is 0 Å². The van der Waals surface area contributed by atoms with Gasteiger partial charge in [0, 0.05) is 23.1 Å². The average molecular weight is 418 g/mol. The van der Waals surface area contributed by atoms with Crippen LogP contribution in [0.2, 0.25) is 0 Å². The first kappa shape index (κ1) is 20.3. The lowest BCUT2D eigenvalue weighted by Crippen LogP contribution is -2.16. The quantitative estimate of drug-likeness (QED) is 0.661. The highest BCUT2D eigenvalue weighted by molar-refractivity contribution is 7.92. The molecule has 10 heteroatoms. The highest BCUT2D eigenvalue weighted by Crippen LogP contribution is 2.18. The molecule has 1 heterocycles. The van der Waals surface area contributed by atoms with Gasteiger partial charge >= 0.3 is 0 Å². The number of rotatable bonds is 5. The number of anilines is 2. The molecule has 0 unspecified atom stereocenters. The Morgan fingerprint density at radius 3 is 2.14 bits per heavy atom. The Bertz CT molecular complexity index is 1160. The van der Waals surface area contributed by atoms with E-state index >= 15 is 0 Å². The Morgan fingerprint density at radius 2 is 1.55 bits per heavy atom. The van der Waals surface area contributed by atoms with Crippen molar-refractivity contribution in [1.82, 2.24) is 9.97 Å². The molecule has 1 amide bonds. The van der Waals surface area contributed by atoms with Crippen molar-refractivity contribution in [3.63, 3.8) is 0 Å². The Labute approximate surface area is 165 Å². The van der Waals surface area contributed by atoms with Crippen molar-refractivity contribution < 1.29 is 22.0 Å². The Morgan fingerprint density at radius 1 is 0.931 bits per heavy atom. The standard InChI is InChI=1S/C19H16F2N4O3S/c1-11-9-12(2)23-19(22-11)25-29(27,28)15-6-4-14(5-7-15)24-18(26)16-8-3-13(20)10-17(16)21/h3-10H,1-2H3,(H,24,26)(H,22,23,25). The summed E-state index contributed by atoms with van der Waals surface area (Å²) in [7, 11) is -3.95. The zero-order valence-electron chi connectivity index (χ0n) is 15.4. The van der Waals surface area contributed by atoms with Crippen LogP contribution in [0.5, 0.6) is 0 Å². The Hall–Kier alpha value is -3.40. The molecule has 2 aromatic carbocycles. The maximum absolute atomic E-state index is 13.7. The number of aromatic nitrogens is 2. The minimum Gasteiger partial charge on any atom is -0.322 e. The van der Waals surface area contributed by atoms with E-state index in [1.54, 1.807) is 19.9 Å². The zero-order valence-corrected chi connectivity index (χ0v) is 16.2. The van der Waals surface area contributed by atoms with E-state index in [-0.39, 0.29) is 22.1 Å². The SMILES string of the molecule is Cc1cc(C)nc(NS(=O)(=O)c2ccc(NC(=O)c3ccc(F)cc3F)cc2)n1. The second kappa shape index (κ2) is 7.92. The number of nitrogens with one attached hydrogen (secondary N) is 2. The molecule has 0 spiro atoms. The summed E-state index contributed by atoms with van der Waals surface area (Å²) >= 11 is 0.